The summed E-state index contributed by atoms with van der Waals surface area (Å²) in [4.78, 5) is 16.3. The highest BCUT2D eigenvalue weighted by atomic mass is 35.5. The van der Waals surface area contributed by atoms with Crippen LogP contribution in [0.15, 0.2) is 24.4 Å². The molecule has 1 aromatic heterocycles. The van der Waals surface area contributed by atoms with Crippen LogP contribution in [0, 0.1) is 5.41 Å². The van der Waals surface area contributed by atoms with Crippen molar-refractivity contribution in [2.45, 2.75) is 44.3 Å². The zero-order valence-corrected chi connectivity index (χ0v) is 19.4. The fraction of sp³-hybridized carbons (Fsp3) is 0.545. The normalized spacial score (nSPS) is 22.8. The highest BCUT2D eigenvalue weighted by Gasteiger charge is 2.53. The Morgan fingerprint density at radius 2 is 1.65 bits per heavy atom. The van der Waals surface area contributed by atoms with Crippen LogP contribution in [0.25, 0.3) is 0 Å². The van der Waals surface area contributed by atoms with Crippen LogP contribution in [0.2, 0.25) is 15.1 Å². The van der Waals surface area contributed by atoms with Crippen LogP contribution in [-0.4, -0.2) is 56.8 Å². The minimum absolute atomic E-state index is 0.0611. The Balaban J connectivity index is 1.22. The molecular weight excluding hydrogens is 459 g/mol. The first-order chi connectivity index (χ1) is 14.8. The molecule has 3 heterocycles. The van der Waals surface area contributed by atoms with Gasteiger partial charge >= 0.3 is 5.97 Å². The van der Waals surface area contributed by atoms with Crippen molar-refractivity contribution in [1.29, 1.82) is 0 Å². The molecule has 9 heteroatoms. The van der Waals surface area contributed by atoms with E-state index in [2.05, 4.69) is 14.9 Å². The van der Waals surface area contributed by atoms with Gasteiger partial charge in [0, 0.05) is 42.4 Å². The molecule has 1 spiro atoms. The van der Waals surface area contributed by atoms with Gasteiger partial charge in [-0.05, 0) is 67.8 Å². The number of hydrogen-bond donors (Lipinski definition) is 1. The van der Waals surface area contributed by atoms with Gasteiger partial charge in [-0.25, -0.2) is 9.48 Å². The lowest BCUT2D eigenvalue weighted by atomic mass is 9.77. The van der Waals surface area contributed by atoms with Gasteiger partial charge in [-0.3, -0.25) is 9.80 Å². The molecule has 0 amide bonds. The van der Waals surface area contributed by atoms with Crippen LogP contribution in [0.4, 0.5) is 0 Å². The Kier molecular flexibility index (Phi) is 5.50. The summed E-state index contributed by atoms with van der Waals surface area (Å²) in [6.45, 7) is 5.05. The van der Waals surface area contributed by atoms with E-state index in [9.17, 15) is 9.90 Å². The van der Waals surface area contributed by atoms with E-state index in [0.717, 1.165) is 64.0 Å². The number of halogens is 3. The van der Waals surface area contributed by atoms with Gasteiger partial charge in [-0.15, -0.1) is 0 Å². The second kappa shape index (κ2) is 7.92. The van der Waals surface area contributed by atoms with E-state index in [1.165, 1.54) is 6.42 Å². The molecule has 1 aliphatic carbocycles. The van der Waals surface area contributed by atoms with Crippen molar-refractivity contribution in [3.8, 4) is 0 Å². The van der Waals surface area contributed by atoms with Crippen LogP contribution in [-0.2, 0) is 12.2 Å². The number of aromatic carboxylic acids is 1. The van der Waals surface area contributed by atoms with Crippen LogP contribution < -0.4 is 0 Å². The maximum absolute atomic E-state index is 11.3. The topological polar surface area (TPSA) is 61.6 Å². The third kappa shape index (κ3) is 4.09. The summed E-state index contributed by atoms with van der Waals surface area (Å²) in [5, 5.41) is 15.2. The molecule has 3 fully saturated rings. The van der Waals surface area contributed by atoms with Crippen molar-refractivity contribution >= 4 is 40.8 Å². The number of benzene rings is 1. The molecule has 1 N–H and O–H groups in total. The maximum Gasteiger partial charge on any atom is 0.357 e. The largest absolute Gasteiger partial charge is 0.476 e. The van der Waals surface area contributed by atoms with E-state index in [0.29, 0.717) is 15.5 Å². The minimum atomic E-state index is -1.08. The number of hydrogen-bond acceptors (Lipinski definition) is 4. The molecule has 31 heavy (non-hydrogen) atoms. The Bertz CT molecular complexity index is 992. The first-order valence-electron chi connectivity index (χ1n) is 10.7. The molecule has 2 aliphatic heterocycles. The lowest BCUT2D eigenvalue weighted by molar-refractivity contribution is 0.0267. The lowest BCUT2D eigenvalue weighted by Crippen LogP contribution is -2.48. The molecule has 6 nitrogen and oxygen atoms in total. The first-order valence-corrected chi connectivity index (χ1v) is 11.8. The summed E-state index contributed by atoms with van der Waals surface area (Å²) >= 11 is 18.4. The van der Waals surface area contributed by atoms with Crippen molar-refractivity contribution in [1.82, 2.24) is 19.6 Å². The SMILES string of the molecule is O=C(O)c1nn(C2(N3CCC4(CCN(Cc5cc(Cl)cc(Cl)c5)C4)CC3)CC2)cc1Cl. The van der Waals surface area contributed by atoms with E-state index >= 15 is 0 Å². The Morgan fingerprint density at radius 1 is 1.00 bits per heavy atom. The second-order valence-corrected chi connectivity index (χ2v) is 10.6. The summed E-state index contributed by atoms with van der Waals surface area (Å²) in [5.41, 5.74) is 1.25. The summed E-state index contributed by atoms with van der Waals surface area (Å²) in [6, 6.07) is 5.77. The molecule has 2 saturated heterocycles. The Hall–Kier alpha value is -1.31. The number of rotatable bonds is 5. The average Bonchev–Trinajstić information content (AvgIpc) is 3.28. The Morgan fingerprint density at radius 3 is 2.23 bits per heavy atom. The summed E-state index contributed by atoms with van der Waals surface area (Å²) in [5.74, 6) is -1.08. The van der Waals surface area contributed by atoms with E-state index in [-0.39, 0.29) is 16.4 Å². The molecule has 0 unspecified atom stereocenters. The number of likely N-dealkylation sites (tertiary alicyclic amines) is 2. The van der Waals surface area contributed by atoms with Crippen LogP contribution in [0.1, 0.15) is 48.2 Å². The predicted octanol–water partition coefficient (Wildman–Crippen LogP) is 4.98. The number of nitrogens with zero attached hydrogens (tertiary/aromatic N) is 4. The molecule has 1 saturated carbocycles. The number of aromatic nitrogens is 2. The van der Waals surface area contributed by atoms with Crippen molar-refractivity contribution < 1.29 is 9.90 Å². The van der Waals surface area contributed by atoms with Crippen molar-refractivity contribution in [2.75, 3.05) is 26.2 Å². The van der Waals surface area contributed by atoms with Crippen LogP contribution in [0.5, 0.6) is 0 Å². The first kappa shape index (κ1) is 21.5. The quantitative estimate of drug-likeness (QED) is 0.650. The highest BCUT2D eigenvalue weighted by Crippen LogP contribution is 2.51. The monoisotopic (exact) mass is 482 g/mol. The van der Waals surface area contributed by atoms with Crippen molar-refractivity contribution in [2.24, 2.45) is 5.41 Å². The lowest BCUT2D eigenvalue weighted by Gasteiger charge is -2.43. The van der Waals surface area contributed by atoms with Gasteiger partial charge in [0.25, 0.3) is 0 Å². The fourth-order valence-corrected chi connectivity index (χ4v) is 6.22. The van der Waals surface area contributed by atoms with Gasteiger partial charge in [0.15, 0.2) is 5.69 Å². The van der Waals surface area contributed by atoms with Gasteiger partial charge in [0.05, 0.1) is 5.02 Å². The average molecular weight is 484 g/mol. The number of carboxylic acids is 1. The molecule has 2 aromatic rings. The molecule has 0 atom stereocenters. The Labute approximate surface area is 196 Å². The van der Waals surface area contributed by atoms with E-state index in [4.69, 9.17) is 34.8 Å². The zero-order chi connectivity index (χ0) is 21.8. The fourth-order valence-electron chi connectivity index (χ4n) is 5.44. The number of piperidine rings is 1. The molecule has 166 valence electrons. The second-order valence-electron chi connectivity index (χ2n) is 9.28. The summed E-state index contributed by atoms with van der Waals surface area (Å²) in [6.07, 6.45) is 7.14. The predicted molar refractivity (Wildman–Crippen MR) is 121 cm³/mol. The van der Waals surface area contributed by atoms with Crippen molar-refractivity contribution in [3.63, 3.8) is 0 Å². The minimum Gasteiger partial charge on any atom is -0.476 e. The molecule has 0 bridgehead atoms. The van der Waals surface area contributed by atoms with Gasteiger partial charge in [-0.2, -0.15) is 5.10 Å². The number of carboxylic acid groups (broad SMARTS) is 1. The number of carbonyl (C=O) groups is 1. The van der Waals surface area contributed by atoms with E-state index in [1.807, 2.05) is 12.1 Å². The maximum atomic E-state index is 11.3. The van der Waals surface area contributed by atoms with Gasteiger partial charge in [0.2, 0.25) is 0 Å². The van der Waals surface area contributed by atoms with E-state index in [1.54, 1.807) is 16.9 Å². The highest BCUT2D eigenvalue weighted by molar-refractivity contribution is 6.34. The third-order valence-electron chi connectivity index (χ3n) is 7.25. The van der Waals surface area contributed by atoms with Gasteiger partial charge < -0.3 is 5.11 Å². The molecule has 0 radical (unpaired) electrons. The van der Waals surface area contributed by atoms with Crippen LogP contribution in [0.3, 0.4) is 0 Å². The van der Waals surface area contributed by atoms with E-state index < -0.39 is 5.97 Å². The molecule has 3 aliphatic rings. The molecule has 1 aromatic carbocycles. The van der Waals surface area contributed by atoms with Crippen molar-refractivity contribution in [3.05, 3.63) is 50.7 Å². The summed E-state index contributed by atoms with van der Waals surface area (Å²) < 4.78 is 1.79. The molecule has 5 rings (SSSR count). The standard InChI is InChI=1S/C22H25Cl3N4O2/c23-16-9-15(10-17(24)11-16)12-27-6-3-21(14-27)4-7-28(8-5-21)22(1-2-22)29-13-18(25)19(26-29)20(30)31/h9-11,13H,1-8,12,14H2,(H,30,31). The van der Waals surface area contributed by atoms with Gasteiger partial charge in [-0.1, -0.05) is 34.8 Å². The van der Waals surface area contributed by atoms with Crippen LogP contribution >= 0.6 is 34.8 Å². The third-order valence-corrected chi connectivity index (χ3v) is 7.97. The zero-order valence-electron chi connectivity index (χ0n) is 17.2. The molecular formula is C22H25Cl3N4O2. The summed E-state index contributed by atoms with van der Waals surface area (Å²) in [7, 11) is 0. The van der Waals surface area contributed by atoms with Gasteiger partial charge in [0.1, 0.15) is 5.66 Å². The smallest absolute Gasteiger partial charge is 0.357 e.